The van der Waals surface area contributed by atoms with Crippen LogP contribution in [0.3, 0.4) is 0 Å². The summed E-state index contributed by atoms with van der Waals surface area (Å²) in [7, 11) is 1.19. The lowest BCUT2D eigenvalue weighted by Gasteiger charge is -2.11. The summed E-state index contributed by atoms with van der Waals surface area (Å²) in [4.78, 5) is 0. The molecule has 0 saturated carbocycles. The maximum atomic E-state index is 12.7. The van der Waals surface area contributed by atoms with Crippen molar-refractivity contribution in [3.8, 4) is 6.07 Å². The van der Waals surface area contributed by atoms with Crippen molar-refractivity contribution in [2.24, 2.45) is 0 Å². The number of nitriles is 1. The van der Waals surface area contributed by atoms with Gasteiger partial charge in [-0.1, -0.05) is 0 Å². The van der Waals surface area contributed by atoms with Gasteiger partial charge in [-0.15, -0.1) is 0 Å². The molecule has 6 heteroatoms. The zero-order chi connectivity index (χ0) is 10.1. The first-order chi connectivity index (χ1) is 5.93. The molecule has 0 amide bonds. The average molecular weight is 222 g/mol. The molecule has 0 spiro atoms. The van der Waals surface area contributed by atoms with Crippen molar-refractivity contribution in [2.75, 3.05) is 0 Å². The fourth-order valence-electron chi connectivity index (χ4n) is 0.985. The fraction of sp³-hybridized carbons (Fsp3) is 0.286. The second-order valence-electron chi connectivity index (χ2n) is 2.55. The van der Waals surface area contributed by atoms with Gasteiger partial charge in [0.2, 0.25) is 9.05 Å². The molecule has 0 saturated heterocycles. The molecule has 0 bridgehead atoms. The number of rotatable bonds is 1. The van der Waals surface area contributed by atoms with Crippen LogP contribution >= 0.6 is 10.7 Å². The number of hydrogen-bond acceptors (Lipinski definition) is 3. The predicted molar refractivity (Wildman–Crippen MR) is 46.1 cm³/mol. The zero-order valence-electron chi connectivity index (χ0n) is 6.37. The van der Waals surface area contributed by atoms with Gasteiger partial charge in [-0.25, -0.2) is 12.8 Å². The van der Waals surface area contributed by atoms with E-state index in [0.29, 0.717) is 0 Å². The summed E-state index contributed by atoms with van der Waals surface area (Å²) in [6.45, 7) is 0. The van der Waals surface area contributed by atoms with Crippen LogP contribution in [0.15, 0.2) is 23.6 Å². The molecule has 1 atom stereocenters. The summed E-state index contributed by atoms with van der Waals surface area (Å²) in [6, 6.07) is 1.69. The molecule has 1 unspecified atom stereocenters. The fourth-order valence-corrected chi connectivity index (χ4v) is 2.00. The molecule has 0 fully saturated rings. The van der Waals surface area contributed by atoms with E-state index in [0.717, 1.165) is 12.2 Å². The van der Waals surface area contributed by atoms with Gasteiger partial charge in [-0.2, -0.15) is 5.26 Å². The van der Waals surface area contributed by atoms with Crippen LogP contribution in [0.5, 0.6) is 0 Å². The van der Waals surface area contributed by atoms with Gasteiger partial charge >= 0.3 is 0 Å². The molecule has 1 aliphatic carbocycles. The topological polar surface area (TPSA) is 57.9 Å². The number of halogens is 2. The van der Waals surface area contributed by atoms with Gasteiger partial charge in [0.05, 0.1) is 6.07 Å². The molecule has 1 aliphatic rings. The summed E-state index contributed by atoms with van der Waals surface area (Å²) >= 11 is 0. The minimum Gasteiger partial charge on any atom is -0.212 e. The number of hydrogen-bond donors (Lipinski definition) is 0. The Balaban J connectivity index is 3.03. The molecule has 0 aromatic carbocycles. The molecule has 70 valence electrons. The van der Waals surface area contributed by atoms with Crippen LogP contribution in [0.2, 0.25) is 0 Å². The standard InChI is InChI=1S/C7H5ClFNO2S/c8-13(11,12)7-2-5(4-10)1-6(9)3-7/h1,3,7H,2H2. The van der Waals surface area contributed by atoms with Crippen LogP contribution in [0.1, 0.15) is 6.42 Å². The highest BCUT2D eigenvalue weighted by Gasteiger charge is 2.25. The molecule has 0 N–H and O–H groups in total. The van der Waals surface area contributed by atoms with E-state index in [9.17, 15) is 12.8 Å². The molecule has 13 heavy (non-hydrogen) atoms. The van der Waals surface area contributed by atoms with Crippen LogP contribution in [-0.4, -0.2) is 13.7 Å². The van der Waals surface area contributed by atoms with E-state index in [-0.39, 0.29) is 12.0 Å². The molecule has 0 radical (unpaired) electrons. The first-order valence-electron chi connectivity index (χ1n) is 3.35. The Kier molecular flexibility index (Phi) is 2.74. The van der Waals surface area contributed by atoms with Crippen molar-refractivity contribution in [1.82, 2.24) is 0 Å². The van der Waals surface area contributed by atoms with Gasteiger partial charge in [-0.05, 0) is 12.2 Å². The Labute approximate surface area is 79.5 Å². The molecule has 0 aliphatic heterocycles. The molecule has 0 aromatic rings. The van der Waals surface area contributed by atoms with Gasteiger partial charge in [0, 0.05) is 22.7 Å². The predicted octanol–water partition coefficient (Wildman–Crippen LogP) is 1.63. The van der Waals surface area contributed by atoms with E-state index in [1.165, 1.54) is 0 Å². The van der Waals surface area contributed by atoms with Crippen LogP contribution in [0.4, 0.5) is 4.39 Å². The van der Waals surface area contributed by atoms with E-state index in [1.54, 1.807) is 6.07 Å². The summed E-state index contributed by atoms with van der Waals surface area (Å²) < 4.78 is 34.3. The Morgan fingerprint density at radius 2 is 2.31 bits per heavy atom. The Morgan fingerprint density at radius 1 is 1.69 bits per heavy atom. The second kappa shape index (κ2) is 3.48. The average Bonchev–Trinajstić information content (AvgIpc) is 2.01. The van der Waals surface area contributed by atoms with Crippen LogP contribution < -0.4 is 0 Å². The van der Waals surface area contributed by atoms with Gasteiger partial charge in [0.15, 0.2) is 0 Å². The first kappa shape index (κ1) is 10.2. The van der Waals surface area contributed by atoms with Crippen LogP contribution in [0, 0.1) is 11.3 Å². The summed E-state index contributed by atoms with van der Waals surface area (Å²) in [5, 5.41) is 7.31. The molecular weight excluding hydrogens is 217 g/mol. The minimum atomic E-state index is -3.84. The van der Waals surface area contributed by atoms with Gasteiger partial charge in [-0.3, -0.25) is 0 Å². The maximum Gasteiger partial charge on any atom is 0.239 e. The number of allylic oxidation sites excluding steroid dienone is 3. The molecule has 0 heterocycles. The monoisotopic (exact) mass is 221 g/mol. The van der Waals surface area contributed by atoms with Crippen molar-refractivity contribution >= 4 is 19.7 Å². The third-order valence-corrected chi connectivity index (χ3v) is 3.30. The van der Waals surface area contributed by atoms with Crippen molar-refractivity contribution in [1.29, 1.82) is 5.26 Å². The Bertz CT molecular complexity index is 418. The third kappa shape index (κ3) is 2.54. The minimum absolute atomic E-state index is 0.0598. The normalized spacial score (nSPS) is 23.0. The van der Waals surface area contributed by atoms with Gasteiger partial charge < -0.3 is 0 Å². The van der Waals surface area contributed by atoms with Crippen LogP contribution in [-0.2, 0) is 9.05 Å². The van der Waals surface area contributed by atoms with E-state index in [1.807, 2.05) is 0 Å². The Morgan fingerprint density at radius 3 is 2.77 bits per heavy atom. The zero-order valence-corrected chi connectivity index (χ0v) is 7.94. The quantitative estimate of drug-likeness (QED) is 0.633. The smallest absolute Gasteiger partial charge is 0.212 e. The highest BCUT2D eigenvalue weighted by atomic mass is 35.7. The maximum absolute atomic E-state index is 12.7. The summed E-state index contributed by atoms with van der Waals surface area (Å²) in [5.74, 6) is -0.739. The molecular formula is C7H5ClFNO2S. The third-order valence-electron chi connectivity index (χ3n) is 1.58. The van der Waals surface area contributed by atoms with E-state index in [4.69, 9.17) is 15.9 Å². The van der Waals surface area contributed by atoms with Crippen molar-refractivity contribution in [3.05, 3.63) is 23.6 Å². The summed E-state index contributed by atoms with van der Waals surface area (Å²) in [5.41, 5.74) is 0.0780. The second-order valence-corrected chi connectivity index (χ2v) is 5.40. The largest absolute Gasteiger partial charge is 0.239 e. The molecule has 3 nitrogen and oxygen atoms in total. The van der Waals surface area contributed by atoms with Crippen molar-refractivity contribution in [3.63, 3.8) is 0 Å². The van der Waals surface area contributed by atoms with Gasteiger partial charge in [0.25, 0.3) is 0 Å². The lowest BCUT2D eigenvalue weighted by molar-refractivity contribution is 0.595. The van der Waals surface area contributed by atoms with Crippen molar-refractivity contribution < 1.29 is 12.8 Å². The van der Waals surface area contributed by atoms with E-state index >= 15 is 0 Å². The lowest BCUT2D eigenvalue weighted by atomic mass is 10.1. The van der Waals surface area contributed by atoms with E-state index in [2.05, 4.69) is 0 Å². The Hall–Kier alpha value is -0.860. The SMILES string of the molecule is N#CC1=CC(F)=CC(S(=O)(=O)Cl)C1. The number of nitrogens with zero attached hydrogens (tertiary/aromatic N) is 1. The first-order valence-corrected chi connectivity index (χ1v) is 5.72. The lowest BCUT2D eigenvalue weighted by Crippen LogP contribution is -2.16. The summed E-state index contributed by atoms with van der Waals surface area (Å²) in [6.07, 6.45) is 1.83. The molecule has 1 rings (SSSR count). The van der Waals surface area contributed by atoms with Gasteiger partial charge in [0.1, 0.15) is 11.1 Å². The van der Waals surface area contributed by atoms with Crippen LogP contribution in [0.25, 0.3) is 0 Å². The van der Waals surface area contributed by atoms with Crippen molar-refractivity contribution in [2.45, 2.75) is 11.7 Å². The highest BCUT2D eigenvalue weighted by Crippen LogP contribution is 2.25. The van der Waals surface area contributed by atoms with E-state index < -0.39 is 20.1 Å². The molecule has 0 aromatic heterocycles. The highest BCUT2D eigenvalue weighted by molar-refractivity contribution is 8.14.